The maximum atomic E-state index is 12.6. The van der Waals surface area contributed by atoms with E-state index in [1.54, 1.807) is 13.8 Å². The number of carbonyl (C=O) groups excluding carboxylic acids is 2. The van der Waals surface area contributed by atoms with E-state index in [0.29, 0.717) is 19.4 Å². The molecule has 188 valence electrons. The van der Waals surface area contributed by atoms with Gasteiger partial charge in [-0.3, -0.25) is 9.59 Å². The van der Waals surface area contributed by atoms with Gasteiger partial charge in [0.25, 0.3) is 0 Å². The molecule has 0 fully saturated rings. The number of hydrogen-bond acceptors (Lipinski definition) is 4. The first-order chi connectivity index (χ1) is 16.6. The predicted molar refractivity (Wildman–Crippen MR) is 135 cm³/mol. The molecule has 2 aromatic rings. The highest BCUT2D eigenvalue weighted by molar-refractivity contribution is 5.80. The molecule has 0 spiro atoms. The van der Waals surface area contributed by atoms with Crippen molar-refractivity contribution in [2.45, 2.75) is 58.9 Å². The Hall–Kier alpha value is -3.35. The SMILES string of the molecule is CC(NC(=O)OCC1c2ccccc2-c2ccccc21)C(C)C(=O)NCCC(C)(C)CCC(=O)O. The van der Waals surface area contributed by atoms with E-state index in [1.807, 2.05) is 38.1 Å². The first kappa shape index (κ1) is 26.3. The highest BCUT2D eigenvalue weighted by atomic mass is 16.5. The van der Waals surface area contributed by atoms with Gasteiger partial charge in [-0.1, -0.05) is 69.3 Å². The highest BCUT2D eigenvalue weighted by Gasteiger charge is 2.30. The summed E-state index contributed by atoms with van der Waals surface area (Å²) in [5.74, 6) is -1.44. The van der Waals surface area contributed by atoms with Crippen molar-refractivity contribution in [3.63, 3.8) is 0 Å². The van der Waals surface area contributed by atoms with Crippen molar-refractivity contribution >= 4 is 18.0 Å². The number of hydrogen-bond donors (Lipinski definition) is 3. The smallest absolute Gasteiger partial charge is 0.407 e. The second-order valence-electron chi connectivity index (χ2n) is 10.1. The fourth-order valence-electron chi connectivity index (χ4n) is 4.43. The van der Waals surface area contributed by atoms with E-state index in [9.17, 15) is 14.4 Å². The molecule has 0 saturated carbocycles. The zero-order valence-corrected chi connectivity index (χ0v) is 21.0. The van der Waals surface area contributed by atoms with Gasteiger partial charge >= 0.3 is 12.1 Å². The van der Waals surface area contributed by atoms with E-state index in [2.05, 4.69) is 34.9 Å². The van der Waals surface area contributed by atoms with Crippen molar-refractivity contribution in [3.8, 4) is 11.1 Å². The Bertz CT molecular complexity index is 1020. The Kier molecular flexibility index (Phi) is 8.54. The van der Waals surface area contributed by atoms with Gasteiger partial charge < -0.3 is 20.5 Å². The Labute approximate surface area is 207 Å². The number of amides is 2. The van der Waals surface area contributed by atoms with Crippen LogP contribution in [0.15, 0.2) is 48.5 Å². The van der Waals surface area contributed by atoms with Crippen LogP contribution in [0.3, 0.4) is 0 Å². The molecule has 0 bridgehead atoms. The second kappa shape index (κ2) is 11.4. The molecule has 0 aromatic heterocycles. The van der Waals surface area contributed by atoms with Gasteiger partial charge in [0.05, 0.1) is 5.92 Å². The summed E-state index contributed by atoms with van der Waals surface area (Å²) in [4.78, 5) is 35.9. The van der Waals surface area contributed by atoms with Crippen LogP contribution in [0, 0.1) is 11.3 Å². The minimum atomic E-state index is -0.816. The topological polar surface area (TPSA) is 105 Å². The van der Waals surface area contributed by atoms with Crippen molar-refractivity contribution in [2.24, 2.45) is 11.3 Å². The molecule has 35 heavy (non-hydrogen) atoms. The molecular formula is C28H36N2O5. The van der Waals surface area contributed by atoms with Crippen LogP contribution in [0.2, 0.25) is 0 Å². The zero-order chi connectivity index (χ0) is 25.6. The second-order valence-corrected chi connectivity index (χ2v) is 10.1. The van der Waals surface area contributed by atoms with Gasteiger partial charge in [-0.05, 0) is 47.4 Å². The number of alkyl carbamates (subject to hydrolysis) is 1. The normalized spacial score (nSPS) is 14.4. The molecule has 1 aliphatic rings. The fraction of sp³-hybridized carbons (Fsp3) is 0.464. The number of carboxylic acids is 1. The number of rotatable bonds is 11. The van der Waals surface area contributed by atoms with Gasteiger partial charge in [-0.25, -0.2) is 4.79 Å². The Morgan fingerprint density at radius 2 is 1.54 bits per heavy atom. The first-order valence-electron chi connectivity index (χ1n) is 12.2. The Morgan fingerprint density at radius 1 is 0.971 bits per heavy atom. The lowest BCUT2D eigenvalue weighted by atomic mass is 9.84. The summed E-state index contributed by atoms with van der Waals surface area (Å²) in [6, 6.07) is 15.9. The number of ether oxygens (including phenoxy) is 1. The van der Waals surface area contributed by atoms with Crippen LogP contribution in [-0.4, -0.2) is 42.3 Å². The van der Waals surface area contributed by atoms with Gasteiger partial charge in [0.2, 0.25) is 5.91 Å². The summed E-state index contributed by atoms with van der Waals surface area (Å²) < 4.78 is 5.58. The highest BCUT2D eigenvalue weighted by Crippen LogP contribution is 2.44. The van der Waals surface area contributed by atoms with Crippen molar-refractivity contribution < 1.29 is 24.2 Å². The maximum Gasteiger partial charge on any atom is 0.407 e. The Balaban J connectivity index is 1.46. The zero-order valence-electron chi connectivity index (χ0n) is 21.0. The van der Waals surface area contributed by atoms with Crippen LogP contribution in [0.1, 0.15) is 64.0 Å². The molecule has 2 unspecified atom stereocenters. The van der Waals surface area contributed by atoms with E-state index in [-0.39, 0.29) is 30.3 Å². The third kappa shape index (κ3) is 6.84. The molecule has 0 radical (unpaired) electrons. The largest absolute Gasteiger partial charge is 0.481 e. The van der Waals surface area contributed by atoms with Crippen molar-refractivity contribution in [2.75, 3.05) is 13.2 Å². The van der Waals surface area contributed by atoms with Crippen LogP contribution in [0.25, 0.3) is 11.1 Å². The molecule has 2 atom stereocenters. The monoisotopic (exact) mass is 480 g/mol. The molecule has 7 heteroatoms. The molecular weight excluding hydrogens is 444 g/mol. The van der Waals surface area contributed by atoms with Gasteiger partial charge in [0.1, 0.15) is 6.61 Å². The van der Waals surface area contributed by atoms with Gasteiger partial charge in [0, 0.05) is 24.9 Å². The molecule has 0 aliphatic heterocycles. The molecule has 3 N–H and O–H groups in total. The van der Waals surface area contributed by atoms with E-state index in [4.69, 9.17) is 9.84 Å². The lowest BCUT2D eigenvalue weighted by Gasteiger charge is -2.25. The van der Waals surface area contributed by atoms with Crippen LogP contribution < -0.4 is 10.6 Å². The Morgan fingerprint density at radius 3 is 2.11 bits per heavy atom. The van der Waals surface area contributed by atoms with E-state index >= 15 is 0 Å². The van der Waals surface area contributed by atoms with Gasteiger partial charge in [-0.15, -0.1) is 0 Å². The van der Waals surface area contributed by atoms with Gasteiger partial charge in [0.15, 0.2) is 0 Å². The number of benzene rings is 2. The molecule has 2 amide bonds. The summed E-state index contributed by atoms with van der Waals surface area (Å²) >= 11 is 0. The minimum Gasteiger partial charge on any atom is -0.481 e. The van der Waals surface area contributed by atoms with Crippen LogP contribution in [-0.2, 0) is 14.3 Å². The maximum absolute atomic E-state index is 12.6. The quantitative estimate of drug-likeness (QED) is 0.422. The third-order valence-corrected chi connectivity index (χ3v) is 6.97. The number of fused-ring (bicyclic) bond motifs is 3. The molecule has 7 nitrogen and oxygen atoms in total. The number of aliphatic carboxylic acids is 1. The molecule has 2 aromatic carbocycles. The van der Waals surface area contributed by atoms with Crippen LogP contribution >= 0.6 is 0 Å². The number of nitrogens with one attached hydrogen (secondary N) is 2. The fourth-order valence-corrected chi connectivity index (χ4v) is 4.43. The molecule has 0 saturated heterocycles. The summed E-state index contributed by atoms with van der Waals surface area (Å²) in [5.41, 5.74) is 4.45. The summed E-state index contributed by atoms with van der Waals surface area (Å²) in [6.07, 6.45) is 0.785. The standard InChI is InChI=1S/C28H36N2O5/c1-18(26(33)29-16-15-28(3,4)14-13-25(31)32)19(2)30-27(34)35-17-24-22-11-7-5-9-20(22)21-10-6-8-12-23(21)24/h5-12,18-19,24H,13-17H2,1-4H3,(H,29,33)(H,30,34)(H,31,32). The average molecular weight is 481 g/mol. The van der Waals surface area contributed by atoms with Crippen molar-refractivity contribution in [1.82, 2.24) is 10.6 Å². The van der Waals surface area contributed by atoms with E-state index < -0.39 is 24.0 Å². The number of carbonyl (C=O) groups is 3. The lowest BCUT2D eigenvalue weighted by Crippen LogP contribution is -2.44. The van der Waals surface area contributed by atoms with Crippen LogP contribution in [0.5, 0.6) is 0 Å². The lowest BCUT2D eigenvalue weighted by molar-refractivity contribution is -0.137. The summed E-state index contributed by atoms with van der Waals surface area (Å²) in [6.45, 7) is 8.20. The third-order valence-electron chi connectivity index (χ3n) is 6.97. The first-order valence-corrected chi connectivity index (χ1v) is 12.2. The van der Waals surface area contributed by atoms with Crippen LogP contribution in [0.4, 0.5) is 4.79 Å². The summed E-state index contributed by atoms with van der Waals surface area (Å²) in [5, 5.41) is 14.6. The van der Waals surface area contributed by atoms with Crippen molar-refractivity contribution in [1.29, 1.82) is 0 Å². The average Bonchev–Trinajstić information content (AvgIpc) is 3.14. The van der Waals surface area contributed by atoms with Crippen molar-refractivity contribution in [3.05, 3.63) is 59.7 Å². The minimum absolute atomic E-state index is 0.0198. The van der Waals surface area contributed by atoms with E-state index in [0.717, 1.165) is 11.1 Å². The van der Waals surface area contributed by atoms with E-state index in [1.165, 1.54) is 11.1 Å². The van der Waals surface area contributed by atoms with Gasteiger partial charge in [-0.2, -0.15) is 0 Å². The number of carboxylic acid groups (broad SMARTS) is 1. The predicted octanol–water partition coefficient (Wildman–Crippen LogP) is 4.95. The molecule has 3 rings (SSSR count). The molecule has 0 heterocycles. The molecule has 1 aliphatic carbocycles. The summed E-state index contributed by atoms with van der Waals surface area (Å²) in [7, 11) is 0.